The Labute approximate surface area is 137 Å². The first-order valence-corrected chi connectivity index (χ1v) is 9.62. The van der Waals surface area contributed by atoms with Crippen LogP contribution in [0.1, 0.15) is 72.1 Å². The zero-order chi connectivity index (χ0) is 15.9. The van der Waals surface area contributed by atoms with Gasteiger partial charge in [-0.3, -0.25) is 4.79 Å². The zero-order valence-electron chi connectivity index (χ0n) is 15.0. The maximum Gasteiger partial charge on any atom is 0.222 e. The minimum atomic E-state index is 0.394. The second kappa shape index (κ2) is 8.90. The van der Waals surface area contributed by atoms with Gasteiger partial charge >= 0.3 is 0 Å². The zero-order valence-corrected chi connectivity index (χ0v) is 15.0. The summed E-state index contributed by atoms with van der Waals surface area (Å²) in [5.41, 5.74) is 0. The predicted molar refractivity (Wildman–Crippen MR) is 92.9 cm³/mol. The second-order valence-corrected chi connectivity index (χ2v) is 7.74. The first-order valence-electron chi connectivity index (χ1n) is 9.62. The van der Waals surface area contributed by atoms with Gasteiger partial charge in [0.1, 0.15) is 0 Å². The van der Waals surface area contributed by atoms with E-state index in [0.29, 0.717) is 11.9 Å². The molecular weight excluding hydrogens is 272 g/mol. The van der Waals surface area contributed by atoms with E-state index in [9.17, 15) is 4.79 Å². The van der Waals surface area contributed by atoms with Crippen molar-refractivity contribution in [1.29, 1.82) is 0 Å². The van der Waals surface area contributed by atoms with Crippen LogP contribution in [0.5, 0.6) is 0 Å². The molecule has 0 aliphatic carbocycles. The Hall–Kier alpha value is -0.570. The summed E-state index contributed by atoms with van der Waals surface area (Å²) in [6.07, 6.45) is 9.58. The van der Waals surface area contributed by atoms with Crippen LogP contribution in [0.4, 0.5) is 0 Å². The van der Waals surface area contributed by atoms with Gasteiger partial charge in [0, 0.05) is 25.6 Å². The number of rotatable bonds is 6. The van der Waals surface area contributed by atoms with Crippen LogP contribution < -0.4 is 0 Å². The Balaban J connectivity index is 1.64. The van der Waals surface area contributed by atoms with Crippen LogP contribution in [0.15, 0.2) is 0 Å². The van der Waals surface area contributed by atoms with Gasteiger partial charge in [-0.1, -0.05) is 13.3 Å². The molecule has 0 atom stereocenters. The molecule has 0 spiro atoms. The van der Waals surface area contributed by atoms with E-state index in [1.165, 1.54) is 45.2 Å². The maximum absolute atomic E-state index is 12.1. The Morgan fingerprint density at radius 3 is 2.05 bits per heavy atom. The van der Waals surface area contributed by atoms with E-state index in [4.69, 9.17) is 0 Å². The minimum absolute atomic E-state index is 0.394. The molecule has 0 bridgehead atoms. The van der Waals surface area contributed by atoms with Crippen molar-refractivity contribution in [1.82, 2.24) is 9.80 Å². The van der Waals surface area contributed by atoms with E-state index in [1.807, 2.05) is 0 Å². The SMILES string of the molecule is CCCCC(=O)N1CCC(CC2CCN(C(C)C)CC2)CC1. The van der Waals surface area contributed by atoms with Crippen molar-refractivity contribution in [2.75, 3.05) is 26.2 Å². The first-order chi connectivity index (χ1) is 10.6. The Bertz CT molecular complexity index is 326. The highest BCUT2D eigenvalue weighted by atomic mass is 16.2. The number of hydrogen-bond donors (Lipinski definition) is 0. The summed E-state index contributed by atoms with van der Waals surface area (Å²) in [7, 11) is 0. The summed E-state index contributed by atoms with van der Waals surface area (Å²) in [5.74, 6) is 2.19. The second-order valence-electron chi connectivity index (χ2n) is 7.74. The van der Waals surface area contributed by atoms with Gasteiger partial charge in [0.15, 0.2) is 0 Å². The van der Waals surface area contributed by atoms with E-state index in [0.717, 1.165) is 44.2 Å². The lowest BCUT2D eigenvalue weighted by atomic mass is 9.82. The van der Waals surface area contributed by atoms with Crippen molar-refractivity contribution in [2.24, 2.45) is 11.8 Å². The van der Waals surface area contributed by atoms with Crippen LogP contribution in [-0.2, 0) is 4.79 Å². The van der Waals surface area contributed by atoms with E-state index in [2.05, 4.69) is 30.6 Å². The number of unbranched alkanes of at least 4 members (excludes halogenated alkanes) is 1. The largest absolute Gasteiger partial charge is 0.343 e. The van der Waals surface area contributed by atoms with Gasteiger partial charge in [0.05, 0.1) is 0 Å². The molecule has 0 aromatic rings. The lowest BCUT2D eigenvalue weighted by molar-refractivity contribution is -0.132. The van der Waals surface area contributed by atoms with Crippen LogP contribution >= 0.6 is 0 Å². The van der Waals surface area contributed by atoms with E-state index >= 15 is 0 Å². The predicted octanol–water partition coefficient (Wildman–Crippen LogP) is 3.93. The quantitative estimate of drug-likeness (QED) is 0.742. The number of carbonyl (C=O) groups is 1. The van der Waals surface area contributed by atoms with Gasteiger partial charge in [-0.25, -0.2) is 0 Å². The van der Waals surface area contributed by atoms with Crippen LogP contribution in [0, 0.1) is 11.8 Å². The number of likely N-dealkylation sites (tertiary alicyclic amines) is 2. The lowest BCUT2D eigenvalue weighted by Crippen LogP contribution is -2.41. The summed E-state index contributed by atoms with van der Waals surface area (Å²) < 4.78 is 0. The first kappa shape index (κ1) is 17.8. The third-order valence-corrected chi connectivity index (χ3v) is 5.76. The fraction of sp³-hybridized carbons (Fsp3) is 0.947. The average Bonchev–Trinajstić information content (AvgIpc) is 2.54. The molecule has 2 heterocycles. The molecular formula is C19H36N2O. The summed E-state index contributed by atoms with van der Waals surface area (Å²) in [4.78, 5) is 16.8. The van der Waals surface area contributed by atoms with E-state index in [1.54, 1.807) is 0 Å². The molecule has 1 amide bonds. The molecule has 22 heavy (non-hydrogen) atoms. The standard InChI is InChI=1S/C19H36N2O/c1-4-5-6-19(22)21-13-9-18(10-14-21)15-17-7-11-20(12-8-17)16(2)3/h16-18H,4-15H2,1-3H3. The topological polar surface area (TPSA) is 23.6 Å². The molecule has 2 fully saturated rings. The minimum Gasteiger partial charge on any atom is -0.343 e. The molecule has 0 N–H and O–H groups in total. The van der Waals surface area contributed by atoms with Gasteiger partial charge in [0.2, 0.25) is 5.91 Å². The molecule has 0 radical (unpaired) electrons. The monoisotopic (exact) mass is 308 g/mol. The molecule has 3 nitrogen and oxygen atoms in total. The van der Waals surface area contributed by atoms with Crippen molar-refractivity contribution in [3.05, 3.63) is 0 Å². The Kier molecular flexibility index (Phi) is 7.20. The molecule has 0 unspecified atom stereocenters. The average molecular weight is 309 g/mol. The molecule has 2 saturated heterocycles. The van der Waals surface area contributed by atoms with Gasteiger partial charge < -0.3 is 9.80 Å². The third-order valence-electron chi connectivity index (χ3n) is 5.76. The molecule has 0 aromatic carbocycles. The molecule has 0 aromatic heterocycles. The van der Waals surface area contributed by atoms with Gasteiger partial charge in [0.25, 0.3) is 0 Å². The van der Waals surface area contributed by atoms with E-state index < -0.39 is 0 Å². The summed E-state index contributed by atoms with van der Waals surface area (Å²) in [6.45, 7) is 11.4. The Morgan fingerprint density at radius 2 is 1.55 bits per heavy atom. The maximum atomic E-state index is 12.1. The van der Waals surface area contributed by atoms with Crippen LogP contribution in [0.3, 0.4) is 0 Å². The number of nitrogens with zero attached hydrogens (tertiary/aromatic N) is 2. The normalized spacial score (nSPS) is 22.5. The molecule has 128 valence electrons. The number of carbonyl (C=O) groups excluding carboxylic acids is 1. The number of hydrogen-bond acceptors (Lipinski definition) is 2. The van der Waals surface area contributed by atoms with Crippen LogP contribution in [0.2, 0.25) is 0 Å². The van der Waals surface area contributed by atoms with Crippen molar-refractivity contribution < 1.29 is 4.79 Å². The highest BCUT2D eigenvalue weighted by molar-refractivity contribution is 5.76. The van der Waals surface area contributed by atoms with Gasteiger partial charge in [-0.05, 0) is 77.3 Å². The number of amides is 1. The highest BCUT2D eigenvalue weighted by Crippen LogP contribution is 2.30. The molecule has 2 aliphatic rings. The lowest BCUT2D eigenvalue weighted by Gasteiger charge is -2.38. The molecule has 3 heteroatoms. The highest BCUT2D eigenvalue weighted by Gasteiger charge is 2.27. The van der Waals surface area contributed by atoms with Crippen molar-refractivity contribution >= 4 is 5.91 Å². The van der Waals surface area contributed by atoms with Crippen molar-refractivity contribution in [3.63, 3.8) is 0 Å². The van der Waals surface area contributed by atoms with Crippen molar-refractivity contribution in [2.45, 2.75) is 78.2 Å². The summed E-state index contributed by atoms with van der Waals surface area (Å²) in [5, 5.41) is 0. The molecule has 0 saturated carbocycles. The molecule has 2 rings (SSSR count). The van der Waals surface area contributed by atoms with Gasteiger partial charge in [-0.15, -0.1) is 0 Å². The fourth-order valence-corrected chi connectivity index (χ4v) is 4.08. The van der Waals surface area contributed by atoms with Crippen LogP contribution in [-0.4, -0.2) is 47.9 Å². The summed E-state index contributed by atoms with van der Waals surface area (Å²) >= 11 is 0. The fourth-order valence-electron chi connectivity index (χ4n) is 4.08. The van der Waals surface area contributed by atoms with Crippen molar-refractivity contribution in [3.8, 4) is 0 Å². The smallest absolute Gasteiger partial charge is 0.222 e. The number of piperidine rings is 2. The molecule has 2 aliphatic heterocycles. The third kappa shape index (κ3) is 5.26. The van der Waals surface area contributed by atoms with Crippen LogP contribution in [0.25, 0.3) is 0 Å². The van der Waals surface area contributed by atoms with Gasteiger partial charge in [-0.2, -0.15) is 0 Å². The Morgan fingerprint density at radius 1 is 1.00 bits per heavy atom. The summed E-state index contributed by atoms with van der Waals surface area (Å²) in [6, 6.07) is 0.707. The van der Waals surface area contributed by atoms with E-state index in [-0.39, 0.29) is 0 Å².